The fraction of sp³-hybridized carbons (Fsp3) is 0.385. The molecule has 0 saturated carbocycles. The number of methoxy groups -OCH3 is 1. The van der Waals surface area contributed by atoms with E-state index in [4.69, 9.17) is 19.0 Å². The summed E-state index contributed by atoms with van der Waals surface area (Å²) < 4.78 is 19.2. The highest BCUT2D eigenvalue weighted by Gasteiger charge is 2.34. The van der Waals surface area contributed by atoms with Crippen LogP contribution >= 0.6 is 0 Å². The van der Waals surface area contributed by atoms with Gasteiger partial charge in [0, 0.05) is 45.0 Å². The molecule has 0 radical (unpaired) electrons. The van der Waals surface area contributed by atoms with Crippen LogP contribution in [-0.2, 0) is 9.53 Å². The zero-order valence-electron chi connectivity index (χ0n) is 20.6. The van der Waals surface area contributed by atoms with E-state index in [0.29, 0.717) is 32.8 Å². The van der Waals surface area contributed by atoms with Gasteiger partial charge in [0.05, 0.1) is 22.5 Å². The maximum Gasteiger partial charge on any atom is 0.248 e. The monoisotopic (exact) mass is 488 g/mol. The molecule has 0 aliphatic carbocycles. The fourth-order valence-electron chi connectivity index (χ4n) is 5.27. The van der Waals surface area contributed by atoms with Gasteiger partial charge in [0.1, 0.15) is 30.5 Å². The number of aromatic nitrogens is 4. The Hall–Kier alpha value is -3.92. The molecule has 1 fully saturated rings. The van der Waals surface area contributed by atoms with Gasteiger partial charge in [-0.25, -0.2) is 4.98 Å². The normalized spacial score (nSPS) is 17.5. The molecule has 0 spiro atoms. The SMILES string of the molecule is COCC(=O)N1CCN(c2nc3ccc(-c4c(C)noc4C)c4c3n2[C@@H](c2ccccn2)CO4)CC1. The minimum atomic E-state index is -0.133. The number of ether oxygens (including phenoxy) is 2. The summed E-state index contributed by atoms with van der Waals surface area (Å²) in [6.07, 6.45) is 1.80. The number of hydrogen-bond donors (Lipinski definition) is 0. The van der Waals surface area contributed by atoms with Crippen LogP contribution in [0.3, 0.4) is 0 Å². The van der Waals surface area contributed by atoms with Crippen LogP contribution in [0, 0.1) is 13.8 Å². The fourth-order valence-corrected chi connectivity index (χ4v) is 5.27. The van der Waals surface area contributed by atoms with E-state index in [1.54, 1.807) is 13.3 Å². The van der Waals surface area contributed by atoms with Gasteiger partial charge in [0.25, 0.3) is 0 Å². The maximum atomic E-state index is 12.3. The number of benzene rings is 1. The number of pyridine rings is 1. The van der Waals surface area contributed by atoms with E-state index in [1.807, 2.05) is 49.1 Å². The molecule has 186 valence electrons. The molecule has 1 atom stereocenters. The third-order valence-corrected chi connectivity index (χ3v) is 7.00. The quantitative estimate of drug-likeness (QED) is 0.423. The molecule has 5 heterocycles. The van der Waals surface area contributed by atoms with E-state index in [9.17, 15) is 4.79 Å². The van der Waals surface area contributed by atoms with Crippen molar-refractivity contribution in [1.82, 2.24) is 24.6 Å². The predicted molar refractivity (Wildman–Crippen MR) is 133 cm³/mol. The second-order valence-electron chi connectivity index (χ2n) is 9.17. The molecule has 10 heteroatoms. The number of aryl methyl sites for hydroxylation is 2. The molecule has 2 aliphatic rings. The van der Waals surface area contributed by atoms with E-state index < -0.39 is 0 Å². The lowest BCUT2D eigenvalue weighted by Gasteiger charge is -2.37. The third-order valence-electron chi connectivity index (χ3n) is 7.00. The number of anilines is 1. The average molecular weight is 489 g/mol. The Morgan fingerprint density at radius 3 is 2.67 bits per heavy atom. The second kappa shape index (κ2) is 8.94. The first-order valence-corrected chi connectivity index (χ1v) is 12.1. The van der Waals surface area contributed by atoms with E-state index >= 15 is 0 Å². The van der Waals surface area contributed by atoms with E-state index in [2.05, 4.69) is 19.6 Å². The number of carbonyl (C=O) groups is 1. The first-order chi connectivity index (χ1) is 17.6. The summed E-state index contributed by atoms with van der Waals surface area (Å²) in [7, 11) is 1.54. The molecule has 36 heavy (non-hydrogen) atoms. The molecule has 6 rings (SSSR count). The van der Waals surface area contributed by atoms with Crippen LogP contribution in [0.15, 0.2) is 41.1 Å². The molecular weight excluding hydrogens is 460 g/mol. The Labute approximate surface area is 208 Å². The summed E-state index contributed by atoms with van der Waals surface area (Å²) >= 11 is 0. The van der Waals surface area contributed by atoms with Crippen molar-refractivity contribution in [2.24, 2.45) is 0 Å². The highest BCUT2D eigenvalue weighted by atomic mass is 16.5. The Morgan fingerprint density at radius 2 is 1.97 bits per heavy atom. The molecular formula is C26H28N6O4. The van der Waals surface area contributed by atoms with Gasteiger partial charge in [-0.3, -0.25) is 14.3 Å². The molecule has 0 N–H and O–H groups in total. The number of imidazole rings is 1. The lowest BCUT2D eigenvalue weighted by atomic mass is 10.0. The van der Waals surface area contributed by atoms with Crippen molar-refractivity contribution < 1.29 is 18.8 Å². The van der Waals surface area contributed by atoms with Crippen LogP contribution in [0.5, 0.6) is 5.75 Å². The van der Waals surface area contributed by atoms with Crippen LogP contribution in [0.2, 0.25) is 0 Å². The van der Waals surface area contributed by atoms with Crippen molar-refractivity contribution in [2.75, 3.05) is 51.4 Å². The summed E-state index contributed by atoms with van der Waals surface area (Å²) in [6, 6.07) is 9.86. The van der Waals surface area contributed by atoms with Crippen LogP contribution in [0.1, 0.15) is 23.2 Å². The van der Waals surface area contributed by atoms with Crippen molar-refractivity contribution in [3.8, 4) is 16.9 Å². The smallest absolute Gasteiger partial charge is 0.248 e. The standard InChI is InChI=1S/C26H28N6O4/c1-16-23(17(2)36-29-16)18-7-8-20-24-25(18)35-14-21(19-6-4-5-9-27-19)32(24)26(28-20)31-12-10-30(11-13-31)22(33)15-34-3/h4-9,21H,10-15H2,1-3H3/t21-/m1/s1. The lowest BCUT2D eigenvalue weighted by Crippen LogP contribution is -2.50. The number of amides is 1. The van der Waals surface area contributed by atoms with Gasteiger partial charge in [0.2, 0.25) is 11.9 Å². The van der Waals surface area contributed by atoms with Gasteiger partial charge in [-0.15, -0.1) is 0 Å². The second-order valence-corrected chi connectivity index (χ2v) is 9.17. The highest BCUT2D eigenvalue weighted by Crippen LogP contribution is 2.45. The Balaban J connectivity index is 1.47. The van der Waals surface area contributed by atoms with Crippen LogP contribution in [-0.4, -0.2) is 77.0 Å². The molecule has 10 nitrogen and oxygen atoms in total. The van der Waals surface area contributed by atoms with Gasteiger partial charge in [-0.2, -0.15) is 0 Å². The van der Waals surface area contributed by atoms with Gasteiger partial charge < -0.3 is 23.8 Å². The molecule has 1 aromatic carbocycles. The van der Waals surface area contributed by atoms with Crippen molar-refractivity contribution in [1.29, 1.82) is 0 Å². The summed E-state index contributed by atoms with van der Waals surface area (Å²) in [4.78, 5) is 26.1. The largest absolute Gasteiger partial charge is 0.488 e. The van der Waals surface area contributed by atoms with Crippen molar-refractivity contribution in [3.63, 3.8) is 0 Å². The van der Waals surface area contributed by atoms with Gasteiger partial charge >= 0.3 is 0 Å². The summed E-state index contributed by atoms with van der Waals surface area (Å²) in [5.41, 5.74) is 5.42. The summed E-state index contributed by atoms with van der Waals surface area (Å²) in [5, 5.41) is 4.15. The van der Waals surface area contributed by atoms with E-state index in [0.717, 1.165) is 51.0 Å². The van der Waals surface area contributed by atoms with Gasteiger partial charge in [0.15, 0.2) is 5.75 Å². The number of hydrogen-bond acceptors (Lipinski definition) is 8. The molecule has 1 amide bonds. The van der Waals surface area contributed by atoms with Crippen LogP contribution in [0.4, 0.5) is 5.95 Å². The van der Waals surface area contributed by atoms with E-state index in [1.165, 1.54) is 0 Å². The molecule has 2 aliphatic heterocycles. The Morgan fingerprint density at radius 1 is 1.14 bits per heavy atom. The molecule has 0 bridgehead atoms. The summed E-state index contributed by atoms with van der Waals surface area (Å²) in [5.74, 6) is 2.40. The third kappa shape index (κ3) is 3.60. The number of carbonyl (C=O) groups excluding carboxylic acids is 1. The van der Waals surface area contributed by atoms with E-state index in [-0.39, 0.29) is 18.6 Å². The van der Waals surface area contributed by atoms with Crippen molar-refractivity contribution in [2.45, 2.75) is 19.9 Å². The first-order valence-electron chi connectivity index (χ1n) is 12.1. The minimum Gasteiger partial charge on any atom is -0.488 e. The molecule has 0 unspecified atom stereocenters. The van der Waals surface area contributed by atoms with Crippen molar-refractivity contribution >= 4 is 22.9 Å². The van der Waals surface area contributed by atoms with Gasteiger partial charge in [-0.1, -0.05) is 11.2 Å². The maximum absolute atomic E-state index is 12.3. The Bertz CT molecular complexity index is 1400. The zero-order chi connectivity index (χ0) is 24.8. The van der Waals surface area contributed by atoms with Crippen molar-refractivity contribution in [3.05, 3.63) is 53.7 Å². The van der Waals surface area contributed by atoms with Crippen LogP contribution < -0.4 is 9.64 Å². The lowest BCUT2D eigenvalue weighted by molar-refractivity contribution is -0.135. The zero-order valence-corrected chi connectivity index (χ0v) is 20.6. The topological polar surface area (TPSA) is 98.8 Å². The average Bonchev–Trinajstić information content (AvgIpc) is 3.46. The number of nitrogens with zero attached hydrogens (tertiary/aromatic N) is 6. The summed E-state index contributed by atoms with van der Waals surface area (Å²) in [6.45, 7) is 6.98. The molecule has 3 aromatic heterocycles. The first kappa shape index (κ1) is 22.5. The van der Waals surface area contributed by atoms with Crippen LogP contribution in [0.25, 0.3) is 22.2 Å². The highest BCUT2D eigenvalue weighted by molar-refractivity contribution is 5.94. The minimum absolute atomic E-state index is 0.0120. The molecule has 4 aromatic rings. The number of rotatable bonds is 5. The number of piperazine rings is 1. The predicted octanol–water partition coefficient (Wildman–Crippen LogP) is 2.98. The Kier molecular flexibility index (Phi) is 5.60. The molecule has 1 saturated heterocycles. The van der Waals surface area contributed by atoms with Gasteiger partial charge in [-0.05, 0) is 38.1 Å².